The average molecular weight is 619 g/mol. The Balaban J connectivity index is 1.58. The van der Waals surface area contributed by atoms with Crippen molar-refractivity contribution in [3.05, 3.63) is 57.6 Å². The number of carboxylic acid groups (broad SMARTS) is 1. The van der Waals surface area contributed by atoms with Gasteiger partial charge in [0.25, 0.3) is 0 Å². The van der Waals surface area contributed by atoms with Crippen LogP contribution in [0.2, 0.25) is 26.7 Å². The Morgan fingerprint density at radius 1 is 0.878 bits per heavy atom. The lowest BCUT2D eigenvalue weighted by Crippen LogP contribution is -2.50. The fourth-order valence-electron chi connectivity index (χ4n) is 7.86. The number of amides is 1. The van der Waals surface area contributed by atoms with Crippen LogP contribution in [0.5, 0.6) is 0 Å². The third-order valence-corrected chi connectivity index (χ3v) is 16.5. The summed E-state index contributed by atoms with van der Waals surface area (Å²) in [4.78, 5) is 24.4. The lowest BCUT2D eigenvalue weighted by atomic mass is 9.70. The first kappa shape index (κ1) is 32.1. The van der Waals surface area contributed by atoms with Gasteiger partial charge in [0.1, 0.15) is 0 Å². The Morgan fingerprint density at radius 3 is 1.90 bits per heavy atom. The molecule has 0 bridgehead atoms. The Hall–Kier alpha value is -1.86. The van der Waals surface area contributed by atoms with Gasteiger partial charge in [-0.05, 0) is 95.5 Å². The van der Waals surface area contributed by atoms with Crippen LogP contribution in [-0.2, 0) is 9.22 Å². The van der Waals surface area contributed by atoms with Crippen molar-refractivity contribution >= 4 is 43.4 Å². The molecule has 2 aliphatic rings. The average Bonchev–Trinajstić information content (AvgIpc) is 3.33. The highest BCUT2D eigenvalue weighted by atomic mass is 35.5. The van der Waals surface area contributed by atoms with Gasteiger partial charge in [-0.15, -0.1) is 0 Å². The molecular weight excluding hydrogens is 573 g/mol. The number of hydrogen-bond acceptors (Lipinski definition) is 3. The van der Waals surface area contributed by atoms with Crippen molar-refractivity contribution in [3.8, 4) is 11.1 Å². The molecule has 4 rings (SSSR count). The van der Waals surface area contributed by atoms with E-state index >= 15 is 0 Å². The molecular formula is C33H45Cl2NO4Si. The highest BCUT2D eigenvalue weighted by Crippen LogP contribution is 2.49. The molecule has 0 aromatic heterocycles. The minimum atomic E-state index is -1.95. The maximum Gasteiger partial charge on any atom is 0.337 e. The fraction of sp³-hybridized carbons (Fsp3) is 0.576. The molecule has 2 aromatic rings. The summed E-state index contributed by atoms with van der Waals surface area (Å²) in [5, 5.41) is 13.2. The van der Waals surface area contributed by atoms with Crippen LogP contribution in [-0.4, -0.2) is 37.9 Å². The molecule has 2 fully saturated rings. The Kier molecular flexibility index (Phi) is 10.3. The molecule has 1 unspecified atom stereocenters. The normalized spacial score (nSPS) is 22.4. The summed E-state index contributed by atoms with van der Waals surface area (Å²) in [5.41, 5.74) is 4.43. The zero-order chi connectivity index (χ0) is 30.1. The second kappa shape index (κ2) is 13.2. The minimum absolute atomic E-state index is 0.0419. The molecule has 1 amide bonds. The van der Waals surface area contributed by atoms with Gasteiger partial charge in [-0.1, -0.05) is 82.9 Å². The number of aromatic carboxylic acids is 1. The molecule has 0 radical (unpaired) electrons. The molecule has 41 heavy (non-hydrogen) atoms. The van der Waals surface area contributed by atoms with Gasteiger partial charge < -0.3 is 14.8 Å². The van der Waals surface area contributed by atoms with Crippen LogP contribution in [0.15, 0.2) is 36.4 Å². The van der Waals surface area contributed by atoms with Gasteiger partial charge >= 0.3 is 5.97 Å². The zero-order valence-electron chi connectivity index (χ0n) is 25.2. The molecule has 1 heterocycles. The van der Waals surface area contributed by atoms with Crippen molar-refractivity contribution in [2.45, 2.75) is 102 Å². The van der Waals surface area contributed by atoms with Crippen LogP contribution in [0.3, 0.4) is 0 Å². The third-order valence-electron chi connectivity index (χ3n) is 9.72. The summed E-state index contributed by atoms with van der Waals surface area (Å²) < 4.78 is 7.15. The van der Waals surface area contributed by atoms with Gasteiger partial charge in [0.15, 0.2) is 0 Å². The predicted molar refractivity (Wildman–Crippen MR) is 171 cm³/mol. The number of halogens is 2. The second-order valence-electron chi connectivity index (χ2n) is 12.9. The van der Waals surface area contributed by atoms with E-state index < -0.39 is 14.3 Å². The van der Waals surface area contributed by atoms with E-state index in [0.29, 0.717) is 34.1 Å². The predicted octanol–water partition coefficient (Wildman–Crippen LogP) is 9.33. The number of benzene rings is 2. The van der Waals surface area contributed by atoms with Gasteiger partial charge in [0.2, 0.25) is 14.2 Å². The number of nitrogens with one attached hydrogen (secondary N) is 1. The topological polar surface area (TPSA) is 75.6 Å². The molecule has 0 spiro atoms. The van der Waals surface area contributed by atoms with Crippen molar-refractivity contribution in [3.63, 3.8) is 0 Å². The third kappa shape index (κ3) is 6.56. The first-order valence-electron chi connectivity index (χ1n) is 15.1. The lowest BCUT2D eigenvalue weighted by molar-refractivity contribution is -0.123. The SMILES string of the molecule is CC(C)[Si](OC1CCC([C@@H](c2ccc(-c3ccc(C(=O)O)c(Cl)c3)cc2Cl)C2CCNC2=O)CC1)(C(C)C)C(C)C. The monoisotopic (exact) mass is 617 g/mol. The number of hydrogen-bond donors (Lipinski definition) is 2. The van der Waals surface area contributed by atoms with E-state index in [1.807, 2.05) is 12.1 Å². The number of carboxylic acids is 1. The maximum atomic E-state index is 13.0. The smallest absolute Gasteiger partial charge is 0.337 e. The first-order chi connectivity index (χ1) is 19.4. The van der Waals surface area contributed by atoms with Gasteiger partial charge in [-0.25, -0.2) is 4.79 Å². The summed E-state index contributed by atoms with van der Waals surface area (Å²) in [5.74, 6) is -0.640. The van der Waals surface area contributed by atoms with E-state index in [1.54, 1.807) is 12.1 Å². The minimum Gasteiger partial charge on any atom is -0.478 e. The molecule has 2 N–H and O–H groups in total. The van der Waals surface area contributed by atoms with E-state index in [1.165, 1.54) is 6.07 Å². The molecule has 5 nitrogen and oxygen atoms in total. The van der Waals surface area contributed by atoms with E-state index in [4.69, 9.17) is 27.6 Å². The molecule has 1 aliphatic carbocycles. The van der Waals surface area contributed by atoms with Crippen molar-refractivity contribution in [1.82, 2.24) is 5.32 Å². The highest BCUT2D eigenvalue weighted by Gasteiger charge is 2.48. The summed E-state index contributed by atoms with van der Waals surface area (Å²) in [7, 11) is -1.95. The lowest BCUT2D eigenvalue weighted by Gasteiger charge is -2.46. The van der Waals surface area contributed by atoms with E-state index in [2.05, 4.69) is 52.9 Å². The van der Waals surface area contributed by atoms with Crippen LogP contribution >= 0.6 is 23.2 Å². The first-order valence-corrected chi connectivity index (χ1v) is 18.0. The summed E-state index contributed by atoms with van der Waals surface area (Å²) >= 11 is 13.2. The van der Waals surface area contributed by atoms with Crippen LogP contribution in [0.25, 0.3) is 11.1 Å². The molecule has 1 aliphatic heterocycles. The number of rotatable bonds is 10. The molecule has 224 valence electrons. The van der Waals surface area contributed by atoms with Crippen LogP contribution in [0, 0.1) is 11.8 Å². The van der Waals surface area contributed by atoms with Crippen LogP contribution < -0.4 is 5.32 Å². The molecule has 1 saturated heterocycles. The van der Waals surface area contributed by atoms with Crippen molar-refractivity contribution in [2.75, 3.05) is 6.54 Å². The largest absolute Gasteiger partial charge is 0.478 e. The summed E-state index contributed by atoms with van der Waals surface area (Å²) in [6.45, 7) is 14.7. The van der Waals surface area contributed by atoms with E-state index in [-0.39, 0.29) is 34.4 Å². The fourth-order valence-corrected chi connectivity index (χ4v) is 14.1. The van der Waals surface area contributed by atoms with E-state index in [0.717, 1.165) is 48.8 Å². The van der Waals surface area contributed by atoms with Crippen LogP contribution in [0.1, 0.15) is 95.5 Å². The Bertz CT molecular complexity index is 1230. The molecule has 2 atom stereocenters. The van der Waals surface area contributed by atoms with Gasteiger partial charge in [0.05, 0.1) is 10.6 Å². The Labute approximate surface area is 256 Å². The number of carbonyl (C=O) groups excluding carboxylic acids is 1. The summed E-state index contributed by atoms with van der Waals surface area (Å²) in [6, 6.07) is 10.9. The van der Waals surface area contributed by atoms with E-state index in [9.17, 15) is 14.7 Å². The number of carbonyl (C=O) groups is 2. The quantitative estimate of drug-likeness (QED) is 0.260. The highest BCUT2D eigenvalue weighted by molar-refractivity contribution is 6.77. The van der Waals surface area contributed by atoms with Gasteiger partial charge in [-0.3, -0.25) is 4.79 Å². The maximum absolute atomic E-state index is 13.0. The van der Waals surface area contributed by atoms with Gasteiger partial charge in [0, 0.05) is 23.6 Å². The molecule has 8 heteroatoms. The molecule has 1 saturated carbocycles. The standard InChI is InChI=1S/C33H45Cl2NO4Si/c1-19(2)41(20(3)4,21(5)6)40-25-11-7-22(8-12-25)31(28-15-16-36-32(28)37)26-13-9-23(17-29(26)34)24-10-14-27(33(38)39)30(35)18-24/h9-10,13-14,17-22,25,28,31H,7-8,11-12,15-16H2,1-6H3,(H,36,37)(H,38,39)/t22?,25?,28?,31-/m0/s1. The van der Waals surface area contributed by atoms with Crippen molar-refractivity contribution in [1.29, 1.82) is 0 Å². The molecule has 2 aromatic carbocycles. The Morgan fingerprint density at radius 2 is 1.44 bits per heavy atom. The second-order valence-corrected chi connectivity index (χ2v) is 19.1. The van der Waals surface area contributed by atoms with Crippen LogP contribution in [0.4, 0.5) is 0 Å². The van der Waals surface area contributed by atoms with Crippen molar-refractivity contribution in [2.24, 2.45) is 11.8 Å². The van der Waals surface area contributed by atoms with Crippen molar-refractivity contribution < 1.29 is 19.1 Å². The summed E-state index contributed by atoms with van der Waals surface area (Å²) in [6.07, 6.45) is 5.15. The van der Waals surface area contributed by atoms with Gasteiger partial charge in [-0.2, -0.15) is 0 Å². The zero-order valence-corrected chi connectivity index (χ0v) is 27.7.